The van der Waals surface area contributed by atoms with Gasteiger partial charge in [0.2, 0.25) is 0 Å². The lowest BCUT2D eigenvalue weighted by atomic mass is 10.1. The number of alkyl halides is 3. The van der Waals surface area contributed by atoms with Crippen molar-refractivity contribution in [2.45, 2.75) is 36.9 Å². The van der Waals surface area contributed by atoms with E-state index in [0.29, 0.717) is 6.07 Å². The summed E-state index contributed by atoms with van der Waals surface area (Å²) in [5.74, 6) is 0. The maximum atomic E-state index is 12.8. The SMILES string of the molecule is COC(C)(C)CCOS(=O)(=O)c1ccccc1C(F)(F)F. The molecule has 8 heteroatoms. The van der Waals surface area contributed by atoms with Crippen molar-refractivity contribution in [2.75, 3.05) is 13.7 Å². The summed E-state index contributed by atoms with van der Waals surface area (Å²) in [7, 11) is -3.03. The molecule has 0 unspecified atom stereocenters. The number of hydrogen-bond donors (Lipinski definition) is 0. The summed E-state index contributed by atoms with van der Waals surface area (Å²) in [6.07, 6.45) is -4.55. The molecule has 0 aliphatic carbocycles. The van der Waals surface area contributed by atoms with Crippen LogP contribution in [0.2, 0.25) is 0 Å². The second-order valence-electron chi connectivity index (χ2n) is 4.98. The average molecular weight is 326 g/mol. The van der Waals surface area contributed by atoms with Gasteiger partial charge in [-0.1, -0.05) is 12.1 Å². The Morgan fingerprint density at radius 2 is 1.71 bits per heavy atom. The van der Waals surface area contributed by atoms with E-state index in [9.17, 15) is 21.6 Å². The van der Waals surface area contributed by atoms with E-state index in [1.54, 1.807) is 13.8 Å². The zero-order chi connectivity index (χ0) is 16.3. The summed E-state index contributed by atoms with van der Waals surface area (Å²) in [6, 6.07) is 3.91. The van der Waals surface area contributed by atoms with Crippen LogP contribution in [0.4, 0.5) is 13.2 Å². The van der Waals surface area contributed by atoms with Crippen molar-refractivity contribution in [1.29, 1.82) is 0 Å². The Balaban J connectivity index is 2.95. The fourth-order valence-corrected chi connectivity index (χ4v) is 2.61. The predicted octanol–water partition coefficient (Wildman–Crippen LogP) is 3.23. The largest absolute Gasteiger partial charge is 0.417 e. The van der Waals surface area contributed by atoms with Crippen LogP contribution in [-0.4, -0.2) is 27.7 Å². The summed E-state index contributed by atoms with van der Waals surface area (Å²) in [6.45, 7) is 3.16. The molecule has 0 bridgehead atoms. The van der Waals surface area contributed by atoms with Gasteiger partial charge in [-0.3, -0.25) is 4.18 Å². The fraction of sp³-hybridized carbons (Fsp3) is 0.538. The molecular formula is C13H17F3O4S. The zero-order valence-electron chi connectivity index (χ0n) is 11.9. The lowest BCUT2D eigenvalue weighted by molar-refractivity contribution is -0.140. The van der Waals surface area contributed by atoms with E-state index in [1.165, 1.54) is 13.2 Å². The highest BCUT2D eigenvalue weighted by Gasteiger charge is 2.37. The molecule has 0 N–H and O–H groups in total. The number of methoxy groups -OCH3 is 1. The topological polar surface area (TPSA) is 52.6 Å². The molecule has 1 rings (SSSR count). The van der Waals surface area contributed by atoms with Crippen LogP contribution in [0.25, 0.3) is 0 Å². The molecule has 0 aromatic heterocycles. The average Bonchev–Trinajstić information content (AvgIpc) is 2.37. The third kappa shape index (κ3) is 4.98. The van der Waals surface area contributed by atoms with Crippen LogP contribution >= 0.6 is 0 Å². The normalized spacial score (nSPS) is 13.4. The molecule has 0 aliphatic heterocycles. The fourth-order valence-electron chi connectivity index (χ4n) is 1.48. The Morgan fingerprint density at radius 1 is 1.14 bits per heavy atom. The highest BCUT2D eigenvalue weighted by molar-refractivity contribution is 7.86. The Hall–Kier alpha value is -1.12. The van der Waals surface area contributed by atoms with Crippen molar-refractivity contribution in [3.8, 4) is 0 Å². The third-order valence-corrected chi connectivity index (χ3v) is 4.33. The van der Waals surface area contributed by atoms with Gasteiger partial charge in [-0.25, -0.2) is 0 Å². The second-order valence-corrected chi connectivity index (χ2v) is 6.57. The predicted molar refractivity (Wildman–Crippen MR) is 70.3 cm³/mol. The molecule has 1 aromatic rings. The van der Waals surface area contributed by atoms with Gasteiger partial charge in [0.1, 0.15) is 4.90 Å². The minimum Gasteiger partial charge on any atom is -0.379 e. The highest BCUT2D eigenvalue weighted by atomic mass is 32.2. The van der Waals surface area contributed by atoms with E-state index >= 15 is 0 Å². The van der Waals surface area contributed by atoms with Gasteiger partial charge in [0.25, 0.3) is 10.1 Å². The monoisotopic (exact) mass is 326 g/mol. The van der Waals surface area contributed by atoms with Crippen LogP contribution in [-0.2, 0) is 25.2 Å². The molecule has 0 saturated heterocycles. The van der Waals surface area contributed by atoms with Gasteiger partial charge < -0.3 is 4.74 Å². The van der Waals surface area contributed by atoms with Crippen molar-refractivity contribution < 1.29 is 30.5 Å². The summed E-state index contributed by atoms with van der Waals surface area (Å²) >= 11 is 0. The molecular weight excluding hydrogens is 309 g/mol. The van der Waals surface area contributed by atoms with Crippen LogP contribution in [0.1, 0.15) is 25.8 Å². The molecule has 0 saturated carbocycles. The van der Waals surface area contributed by atoms with Crippen LogP contribution in [0, 0.1) is 0 Å². The Bertz CT molecular complexity index is 579. The molecule has 0 spiro atoms. The Morgan fingerprint density at radius 3 is 2.24 bits per heavy atom. The van der Waals surface area contributed by atoms with Crippen LogP contribution in [0.3, 0.4) is 0 Å². The summed E-state index contributed by atoms with van der Waals surface area (Å²) in [5, 5.41) is 0. The lowest BCUT2D eigenvalue weighted by Gasteiger charge is -2.22. The number of halogens is 3. The molecule has 0 aliphatic rings. The highest BCUT2D eigenvalue weighted by Crippen LogP contribution is 2.34. The van der Waals surface area contributed by atoms with Crippen LogP contribution < -0.4 is 0 Å². The van der Waals surface area contributed by atoms with Crippen molar-refractivity contribution in [2.24, 2.45) is 0 Å². The first-order chi connectivity index (χ1) is 9.49. The minimum absolute atomic E-state index is 0.219. The Labute approximate surface area is 122 Å². The maximum absolute atomic E-state index is 12.8. The van der Waals surface area contributed by atoms with E-state index in [2.05, 4.69) is 4.18 Å². The molecule has 0 fully saturated rings. The van der Waals surface area contributed by atoms with Gasteiger partial charge in [-0.15, -0.1) is 0 Å². The molecule has 0 heterocycles. The smallest absolute Gasteiger partial charge is 0.379 e. The van der Waals surface area contributed by atoms with Crippen molar-refractivity contribution in [1.82, 2.24) is 0 Å². The van der Waals surface area contributed by atoms with Crippen LogP contribution in [0.5, 0.6) is 0 Å². The van der Waals surface area contributed by atoms with Gasteiger partial charge in [0.15, 0.2) is 0 Å². The first-order valence-corrected chi connectivity index (χ1v) is 7.51. The number of hydrogen-bond acceptors (Lipinski definition) is 4. The maximum Gasteiger partial charge on any atom is 0.417 e. The van der Waals surface area contributed by atoms with Crippen molar-refractivity contribution >= 4 is 10.1 Å². The van der Waals surface area contributed by atoms with Gasteiger partial charge >= 0.3 is 6.18 Å². The second kappa shape index (κ2) is 6.33. The van der Waals surface area contributed by atoms with E-state index in [0.717, 1.165) is 12.1 Å². The van der Waals surface area contributed by atoms with Crippen LogP contribution in [0.15, 0.2) is 29.2 Å². The van der Waals surface area contributed by atoms with Gasteiger partial charge in [-0.05, 0) is 26.0 Å². The summed E-state index contributed by atoms with van der Waals surface area (Å²) in [4.78, 5) is -0.882. The molecule has 0 radical (unpaired) electrons. The quantitative estimate of drug-likeness (QED) is 0.753. The Kier molecular flexibility index (Phi) is 5.40. The molecule has 0 atom stereocenters. The van der Waals surface area contributed by atoms with Gasteiger partial charge in [0.05, 0.1) is 17.8 Å². The van der Waals surface area contributed by atoms with Gasteiger partial charge in [-0.2, -0.15) is 21.6 Å². The number of ether oxygens (including phenoxy) is 1. The first kappa shape index (κ1) is 17.9. The lowest BCUT2D eigenvalue weighted by Crippen LogP contribution is -2.25. The van der Waals surface area contributed by atoms with Gasteiger partial charge in [0, 0.05) is 13.5 Å². The molecule has 21 heavy (non-hydrogen) atoms. The van der Waals surface area contributed by atoms with E-state index in [1.807, 2.05) is 0 Å². The summed E-state index contributed by atoms with van der Waals surface area (Å²) < 4.78 is 72.0. The molecule has 0 amide bonds. The summed E-state index contributed by atoms with van der Waals surface area (Å²) in [5.41, 5.74) is -1.87. The molecule has 120 valence electrons. The van der Waals surface area contributed by atoms with E-state index in [-0.39, 0.29) is 13.0 Å². The van der Waals surface area contributed by atoms with Crippen molar-refractivity contribution in [3.05, 3.63) is 29.8 Å². The standard InChI is InChI=1S/C13H17F3O4S/c1-12(2,19-3)8-9-20-21(17,18)11-7-5-4-6-10(11)13(14,15)16/h4-7H,8-9H2,1-3H3. The minimum atomic E-state index is -4.77. The first-order valence-electron chi connectivity index (χ1n) is 6.10. The van der Waals surface area contributed by atoms with E-state index in [4.69, 9.17) is 4.74 Å². The number of rotatable bonds is 6. The number of benzene rings is 1. The third-order valence-electron chi connectivity index (χ3n) is 2.96. The molecule has 4 nitrogen and oxygen atoms in total. The van der Waals surface area contributed by atoms with Crippen molar-refractivity contribution in [3.63, 3.8) is 0 Å². The zero-order valence-corrected chi connectivity index (χ0v) is 12.7. The van der Waals surface area contributed by atoms with E-state index < -0.39 is 32.4 Å². The molecule has 1 aromatic carbocycles.